The van der Waals surface area contributed by atoms with Gasteiger partial charge in [-0.3, -0.25) is 4.79 Å². The van der Waals surface area contributed by atoms with Gasteiger partial charge in [-0.2, -0.15) is 0 Å². The van der Waals surface area contributed by atoms with Crippen molar-refractivity contribution in [1.82, 2.24) is 0 Å². The van der Waals surface area contributed by atoms with Crippen molar-refractivity contribution in [1.29, 1.82) is 0 Å². The summed E-state index contributed by atoms with van der Waals surface area (Å²) < 4.78 is 5.18. The summed E-state index contributed by atoms with van der Waals surface area (Å²) in [5, 5.41) is -0.684. The van der Waals surface area contributed by atoms with Crippen LogP contribution in [0.4, 0.5) is 0 Å². The lowest BCUT2D eigenvalue weighted by Gasteiger charge is -2.32. The van der Waals surface area contributed by atoms with E-state index in [-0.39, 0.29) is 22.8 Å². The van der Waals surface area contributed by atoms with Crippen molar-refractivity contribution in [3.63, 3.8) is 0 Å². The molecule has 1 unspecified atom stereocenters. The average Bonchev–Trinajstić information content (AvgIpc) is 2.25. The highest BCUT2D eigenvalue weighted by atomic mass is 35.5. The van der Waals surface area contributed by atoms with Crippen LogP contribution >= 0.6 is 23.2 Å². The lowest BCUT2D eigenvalue weighted by molar-refractivity contribution is -0.146. The topological polar surface area (TPSA) is 26.3 Å². The summed E-state index contributed by atoms with van der Waals surface area (Å²) in [6.07, 6.45) is 0.296. The predicted molar refractivity (Wildman–Crippen MR) is 63.9 cm³/mol. The lowest BCUT2D eigenvalue weighted by Crippen LogP contribution is -2.36. The largest absolute Gasteiger partial charge is 0.461 e. The van der Waals surface area contributed by atoms with Gasteiger partial charge in [-0.15, -0.1) is 23.2 Å². The van der Waals surface area contributed by atoms with E-state index in [1.54, 1.807) is 0 Å². The van der Waals surface area contributed by atoms with Crippen molar-refractivity contribution in [3.05, 3.63) is 35.4 Å². The van der Waals surface area contributed by atoms with Crippen molar-refractivity contribution in [2.45, 2.75) is 30.2 Å². The minimum absolute atomic E-state index is 0.309. The van der Waals surface area contributed by atoms with Gasteiger partial charge in [0.2, 0.25) is 0 Å². The monoisotopic (exact) mass is 258 g/mol. The second-order valence-electron chi connectivity index (χ2n) is 3.90. The number of rotatable bonds is 1. The fourth-order valence-electron chi connectivity index (χ4n) is 2.00. The smallest absolute Gasteiger partial charge is 0.302 e. The molecule has 0 saturated carbocycles. The Morgan fingerprint density at radius 1 is 1.38 bits per heavy atom. The van der Waals surface area contributed by atoms with Gasteiger partial charge in [0.25, 0.3) is 0 Å². The maximum Gasteiger partial charge on any atom is 0.302 e. The standard InChI is InChI=1S/C12H12Cl2O2/c1-7(15)16-10-6-8-4-2-3-5-9(8)11(13)12(10)14/h2-5,10-12H,6H2,1H3/t10?,11-,12-/m0/s1. The van der Waals surface area contributed by atoms with E-state index in [2.05, 4.69) is 0 Å². The normalized spacial score (nSPS) is 28.3. The van der Waals surface area contributed by atoms with E-state index in [0.717, 1.165) is 11.1 Å². The number of fused-ring (bicyclic) bond motifs is 1. The van der Waals surface area contributed by atoms with Gasteiger partial charge in [-0.25, -0.2) is 0 Å². The predicted octanol–water partition coefficient (Wildman–Crippen LogP) is 3.06. The number of carbonyl (C=O) groups excluding carboxylic acids is 1. The molecule has 1 aromatic rings. The Balaban J connectivity index is 2.28. The van der Waals surface area contributed by atoms with Crippen LogP contribution in [0.3, 0.4) is 0 Å². The number of esters is 1. The molecule has 4 heteroatoms. The summed E-state index contributed by atoms with van der Waals surface area (Å²) in [6.45, 7) is 1.38. The number of ether oxygens (including phenoxy) is 1. The Hall–Kier alpha value is -0.730. The van der Waals surface area contributed by atoms with E-state index >= 15 is 0 Å². The highest BCUT2D eigenvalue weighted by Gasteiger charge is 2.36. The Morgan fingerprint density at radius 2 is 2.06 bits per heavy atom. The number of alkyl halides is 2. The van der Waals surface area contributed by atoms with Gasteiger partial charge in [0, 0.05) is 13.3 Å². The molecular formula is C12H12Cl2O2. The van der Waals surface area contributed by atoms with Crippen LogP contribution in [-0.4, -0.2) is 17.5 Å². The molecule has 0 spiro atoms. The van der Waals surface area contributed by atoms with Crippen LogP contribution in [-0.2, 0) is 16.0 Å². The molecule has 3 atom stereocenters. The first-order valence-electron chi connectivity index (χ1n) is 5.12. The molecule has 2 nitrogen and oxygen atoms in total. The molecule has 0 radical (unpaired) electrons. The van der Waals surface area contributed by atoms with Gasteiger partial charge in [0.05, 0.1) is 10.8 Å². The van der Waals surface area contributed by atoms with Crippen LogP contribution in [0.1, 0.15) is 23.4 Å². The molecule has 0 fully saturated rings. The Labute approximate surface area is 104 Å². The van der Waals surface area contributed by atoms with Crippen LogP contribution in [0.15, 0.2) is 24.3 Å². The molecule has 86 valence electrons. The van der Waals surface area contributed by atoms with E-state index < -0.39 is 0 Å². The molecule has 0 heterocycles. The Kier molecular flexibility index (Phi) is 3.41. The highest BCUT2D eigenvalue weighted by Crippen LogP contribution is 2.39. The van der Waals surface area contributed by atoms with Gasteiger partial charge in [0.15, 0.2) is 0 Å². The molecule has 0 saturated heterocycles. The van der Waals surface area contributed by atoms with Gasteiger partial charge in [0.1, 0.15) is 6.10 Å². The summed E-state index contributed by atoms with van der Waals surface area (Å²) in [4.78, 5) is 11.0. The third kappa shape index (κ3) is 2.18. The number of halogens is 2. The molecule has 1 aromatic carbocycles. The number of carbonyl (C=O) groups is 1. The molecule has 0 amide bonds. The Morgan fingerprint density at radius 3 is 2.75 bits per heavy atom. The van der Waals surface area contributed by atoms with Crippen molar-refractivity contribution >= 4 is 29.2 Å². The van der Waals surface area contributed by atoms with E-state index in [0.29, 0.717) is 6.42 Å². The Bertz CT molecular complexity index is 406. The summed E-state index contributed by atoms with van der Waals surface area (Å²) in [5.74, 6) is -0.320. The number of benzene rings is 1. The van der Waals surface area contributed by atoms with E-state index in [1.807, 2.05) is 24.3 Å². The maximum absolute atomic E-state index is 11.0. The molecule has 0 aliphatic heterocycles. The van der Waals surface area contributed by atoms with Gasteiger partial charge in [-0.05, 0) is 11.1 Å². The molecule has 16 heavy (non-hydrogen) atoms. The molecular weight excluding hydrogens is 247 g/mol. The number of hydrogen-bond donors (Lipinski definition) is 0. The summed E-state index contributed by atoms with van der Waals surface area (Å²) in [7, 11) is 0. The van der Waals surface area contributed by atoms with Crippen LogP contribution in [0.5, 0.6) is 0 Å². The third-order valence-electron chi connectivity index (χ3n) is 2.73. The van der Waals surface area contributed by atoms with Gasteiger partial charge in [-0.1, -0.05) is 24.3 Å². The maximum atomic E-state index is 11.0. The molecule has 2 rings (SSSR count). The minimum atomic E-state index is -0.375. The van der Waals surface area contributed by atoms with Crippen LogP contribution in [0, 0.1) is 0 Å². The first-order chi connectivity index (χ1) is 7.59. The van der Waals surface area contributed by atoms with Crippen LogP contribution < -0.4 is 0 Å². The lowest BCUT2D eigenvalue weighted by atomic mass is 9.89. The highest BCUT2D eigenvalue weighted by molar-refractivity contribution is 6.30. The van der Waals surface area contributed by atoms with Crippen molar-refractivity contribution in [3.8, 4) is 0 Å². The van der Waals surface area contributed by atoms with E-state index in [4.69, 9.17) is 27.9 Å². The van der Waals surface area contributed by atoms with E-state index in [1.165, 1.54) is 6.92 Å². The first-order valence-corrected chi connectivity index (χ1v) is 6.00. The van der Waals surface area contributed by atoms with E-state index in [9.17, 15) is 4.79 Å². The average molecular weight is 259 g/mol. The fraction of sp³-hybridized carbons (Fsp3) is 0.417. The van der Waals surface area contributed by atoms with Crippen molar-refractivity contribution in [2.24, 2.45) is 0 Å². The minimum Gasteiger partial charge on any atom is -0.461 e. The molecule has 1 aliphatic rings. The quantitative estimate of drug-likeness (QED) is 0.572. The van der Waals surface area contributed by atoms with Crippen molar-refractivity contribution in [2.75, 3.05) is 0 Å². The van der Waals surface area contributed by atoms with Gasteiger partial charge >= 0.3 is 5.97 Å². The SMILES string of the molecule is CC(=O)OC1Cc2ccccc2[C@H](Cl)[C@H]1Cl. The fourth-order valence-corrected chi connectivity index (χ4v) is 2.65. The summed E-state index contributed by atoms with van der Waals surface area (Å²) in [5.41, 5.74) is 2.14. The molecule has 0 aromatic heterocycles. The zero-order chi connectivity index (χ0) is 11.7. The molecule has 1 aliphatic carbocycles. The zero-order valence-electron chi connectivity index (χ0n) is 8.82. The second-order valence-corrected chi connectivity index (χ2v) is 4.87. The zero-order valence-corrected chi connectivity index (χ0v) is 10.3. The number of hydrogen-bond acceptors (Lipinski definition) is 2. The van der Waals surface area contributed by atoms with Crippen molar-refractivity contribution < 1.29 is 9.53 Å². The summed E-state index contributed by atoms with van der Waals surface area (Å²) >= 11 is 12.4. The summed E-state index contributed by atoms with van der Waals surface area (Å²) in [6, 6.07) is 7.84. The molecule has 0 N–H and O–H groups in total. The third-order valence-corrected chi connectivity index (χ3v) is 3.89. The van der Waals surface area contributed by atoms with Crippen LogP contribution in [0.2, 0.25) is 0 Å². The molecule has 0 bridgehead atoms. The van der Waals surface area contributed by atoms with Crippen LogP contribution in [0.25, 0.3) is 0 Å². The first kappa shape index (κ1) is 11.7. The van der Waals surface area contributed by atoms with Gasteiger partial charge < -0.3 is 4.74 Å². The second kappa shape index (κ2) is 4.64.